The molecule has 0 saturated heterocycles. The number of nitrogens with one attached hydrogen (secondary N) is 2. The highest BCUT2D eigenvalue weighted by Gasteiger charge is 2.20. The molecule has 27 heavy (non-hydrogen) atoms. The van der Waals surface area contributed by atoms with Gasteiger partial charge in [-0.05, 0) is 37.6 Å². The molecule has 3 aromatic rings. The highest BCUT2D eigenvalue weighted by molar-refractivity contribution is 5.84. The minimum Gasteiger partial charge on any atom is -0.349 e. The maximum atomic E-state index is 12.8. The van der Waals surface area contributed by atoms with Gasteiger partial charge < -0.3 is 10.6 Å². The predicted octanol–water partition coefficient (Wildman–Crippen LogP) is 2.83. The molecule has 138 valence electrons. The Hall–Kier alpha value is -3.28. The van der Waals surface area contributed by atoms with E-state index in [9.17, 15) is 4.79 Å². The van der Waals surface area contributed by atoms with Crippen molar-refractivity contribution in [2.24, 2.45) is 0 Å². The zero-order valence-corrected chi connectivity index (χ0v) is 15.5. The molecule has 0 fully saturated rings. The number of benzene rings is 1. The van der Waals surface area contributed by atoms with Crippen LogP contribution in [-0.4, -0.2) is 26.9 Å². The number of pyridine rings is 1. The number of carbonyl (C=O) groups excluding carboxylic acids is 1. The first-order chi connectivity index (χ1) is 13.1. The molecule has 1 atom stereocenters. The number of nitrogens with zero attached hydrogens (tertiary/aromatic N) is 3. The summed E-state index contributed by atoms with van der Waals surface area (Å²) in [6, 6.07) is 16.9. The van der Waals surface area contributed by atoms with Gasteiger partial charge in [-0.2, -0.15) is 0 Å². The molecule has 3 rings (SSSR count). The highest BCUT2D eigenvalue weighted by Crippen LogP contribution is 2.10. The molecule has 0 bridgehead atoms. The van der Waals surface area contributed by atoms with Crippen LogP contribution in [0.15, 0.2) is 60.8 Å². The van der Waals surface area contributed by atoms with E-state index < -0.39 is 6.04 Å². The summed E-state index contributed by atoms with van der Waals surface area (Å²) >= 11 is 0. The number of hydrogen-bond donors (Lipinski definition) is 2. The van der Waals surface area contributed by atoms with Gasteiger partial charge in [0.1, 0.15) is 6.04 Å². The summed E-state index contributed by atoms with van der Waals surface area (Å²) in [6.45, 7) is 4.20. The summed E-state index contributed by atoms with van der Waals surface area (Å²) < 4.78 is 0. The standard InChI is InChI=1S/C21H23N5O/c1-15-12-16(2)25-21(24-15)26-19(13-17-8-4-3-5-9-17)20(27)23-14-18-10-6-7-11-22-18/h3-12,19H,13-14H2,1-2H3,(H,23,27)(H,24,25,26)/t19-/m0/s1. The van der Waals surface area contributed by atoms with Gasteiger partial charge in [-0.3, -0.25) is 9.78 Å². The van der Waals surface area contributed by atoms with Crippen molar-refractivity contribution in [3.8, 4) is 0 Å². The Morgan fingerprint density at radius 1 is 1.00 bits per heavy atom. The van der Waals surface area contributed by atoms with E-state index >= 15 is 0 Å². The van der Waals surface area contributed by atoms with E-state index in [0.29, 0.717) is 18.9 Å². The van der Waals surface area contributed by atoms with E-state index in [1.807, 2.05) is 68.4 Å². The molecule has 2 aromatic heterocycles. The summed E-state index contributed by atoms with van der Waals surface area (Å²) in [7, 11) is 0. The zero-order chi connectivity index (χ0) is 19.1. The second-order valence-electron chi connectivity index (χ2n) is 6.40. The Morgan fingerprint density at radius 3 is 2.37 bits per heavy atom. The van der Waals surface area contributed by atoms with Gasteiger partial charge in [0.05, 0.1) is 12.2 Å². The van der Waals surface area contributed by atoms with Gasteiger partial charge in [0.2, 0.25) is 11.9 Å². The third kappa shape index (κ3) is 5.60. The Kier molecular flexibility index (Phi) is 6.10. The van der Waals surface area contributed by atoms with E-state index in [4.69, 9.17) is 0 Å². The topological polar surface area (TPSA) is 79.8 Å². The number of aryl methyl sites for hydroxylation is 2. The van der Waals surface area contributed by atoms with Crippen molar-refractivity contribution >= 4 is 11.9 Å². The van der Waals surface area contributed by atoms with Crippen molar-refractivity contribution in [1.82, 2.24) is 20.3 Å². The van der Waals surface area contributed by atoms with E-state index in [1.54, 1.807) is 6.20 Å². The summed E-state index contributed by atoms with van der Waals surface area (Å²) in [5.41, 5.74) is 3.59. The minimum absolute atomic E-state index is 0.118. The Balaban J connectivity index is 1.74. The van der Waals surface area contributed by atoms with Gasteiger partial charge in [0, 0.05) is 24.0 Å². The maximum Gasteiger partial charge on any atom is 0.243 e. The van der Waals surface area contributed by atoms with Crippen LogP contribution in [0.2, 0.25) is 0 Å². The van der Waals surface area contributed by atoms with Gasteiger partial charge in [-0.1, -0.05) is 36.4 Å². The number of aromatic nitrogens is 3. The van der Waals surface area contributed by atoms with Crippen LogP contribution in [0.5, 0.6) is 0 Å². The molecule has 0 aliphatic heterocycles. The molecule has 0 radical (unpaired) electrons. The zero-order valence-electron chi connectivity index (χ0n) is 15.5. The molecule has 0 spiro atoms. The van der Waals surface area contributed by atoms with Crippen molar-refractivity contribution in [2.45, 2.75) is 32.9 Å². The van der Waals surface area contributed by atoms with Gasteiger partial charge in [0.15, 0.2) is 0 Å². The molecule has 0 aliphatic carbocycles. The lowest BCUT2D eigenvalue weighted by Crippen LogP contribution is -2.41. The Labute approximate surface area is 159 Å². The smallest absolute Gasteiger partial charge is 0.243 e. The molecule has 6 nitrogen and oxygen atoms in total. The largest absolute Gasteiger partial charge is 0.349 e. The SMILES string of the molecule is Cc1cc(C)nc(N[C@@H](Cc2ccccc2)C(=O)NCc2ccccn2)n1. The van der Waals surface area contributed by atoms with Crippen molar-refractivity contribution in [3.05, 3.63) is 83.4 Å². The van der Waals surface area contributed by atoms with E-state index in [0.717, 1.165) is 22.6 Å². The first-order valence-corrected chi connectivity index (χ1v) is 8.90. The van der Waals surface area contributed by atoms with Crippen LogP contribution in [0.4, 0.5) is 5.95 Å². The third-order valence-corrected chi connectivity index (χ3v) is 4.05. The highest BCUT2D eigenvalue weighted by atomic mass is 16.2. The van der Waals surface area contributed by atoms with E-state index in [-0.39, 0.29) is 5.91 Å². The summed E-state index contributed by atoms with van der Waals surface area (Å²) in [6.07, 6.45) is 2.25. The van der Waals surface area contributed by atoms with Crippen LogP contribution in [0.1, 0.15) is 22.6 Å². The van der Waals surface area contributed by atoms with Crippen molar-refractivity contribution < 1.29 is 4.79 Å². The van der Waals surface area contributed by atoms with E-state index in [1.165, 1.54) is 0 Å². The van der Waals surface area contributed by atoms with Gasteiger partial charge in [-0.25, -0.2) is 9.97 Å². The van der Waals surface area contributed by atoms with Crippen molar-refractivity contribution in [2.75, 3.05) is 5.32 Å². The molecule has 2 N–H and O–H groups in total. The second-order valence-corrected chi connectivity index (χ2v) is 6.40. The molecule has 6 heteroatoms. The van der Waals surface area contributed by atoms with Crippen LogP contribution in [0.25, 0.3) is 0 Å². The van der Waals surface area contributed by atoms with Crippen LogP contribution >= 0.6 is 0 Å². The summed E-state index contributed by atoms with van der Waals surface area (Å²) in [5, 5.41) is 6.14. The van der Waals surface area contributed by atoms with Gasteiger partial charge in [-0.15, -0.1) is 0 Å². The van der Waals surface area contributed by atoms with Crippen LogP contribution in [0.3, 0.4) is 0 Å². The number of hydrogen-bond acceptors (Lipinski definition) is 5. The molecule has 2 heterocycles. The van der Waals surface area contributed by atoms with Crippen LogP contribution in [0, 0.1) is 13.8 Å². The normalized spacial score (nSPS) is 11.6. The van der Waals surface area contributed by atoms with Crippen molar-refractivity contribution in [1.29, 1.82) is 0 Å². The third-order valence-electron chi connectivity index (χ3n) is 4.05. The fourth-order valence-electron chi connectivity index (χ4n) is 2.81. The van der Waals surface area contributed by atoms with Crippen LogP contribution in [-0.2, 0) is 17.8 Å². The second kappa shape index (κ2) is 8.89. The molecule has 1 amide bonds. The first-order valence-electron chi connectivity index (χ1n) is 8.90. The summed E-state index contributed by atoms with van der Waals surface area (Å²) in [4.78, 5) is 25.9. The fraction of sp³-hybridized carbons (Fsp3) is 0.238. The average molecular weight is 361 g/mol. The van der Waals surface area contributed by atoms with Gasteiger partial charge >= 0.3 is 0 Å². The number of anilines is 1. The maximum absolute atomic E-state index is 12.8. The molecule has 0 unspecified atom stereocenters. The Morgan fingerprint density at radius 2 is 1.70 bits per heavy atom. The number of carbonyl (C=O) groups is 1. The molecule has 0 saturated carbocycles. The average Bonchev–Trinajstić information content (AvgIpc) is 2.66. The number of amides is 1. The summed E-state index contributed by atoms with van der Waals surface area (Å²) in [5.74, 6) is 0.341. The minimum atomic E-state index is -0.489. The molecule has 0 aliphatic rings. The monoisotopic (exact) mass is 361 g/mol. The first kappa shape index (κ1) is 18.5. The Bertz CT molecular complexity index is 863. The predicted molar refractivity (Wildman–Crippen MR) is 105 cm³/mol. The van der Waals surface area contributed by atoms with Crippen LogP contribution < -0.4 is 10.6 Å². The quantitative estimate of drug-likeness (QED) is 0.676. The lowest BCUT2D eigenvalue weighted by atomic mass is 10.1. The van der Waals surface area contributed by atoms with Crippen molar-refractivity contribution in [3.63, 3.8) is 0 Å². The number of rotatable bonds is 7. The molecular weight excluding hydrogens is 338 g/mol. The molecule has 1 aromatic carbocycles. The van der Waals surface area contributed by atoms with E-state index in [2.05, 4.69) is 25.6 Å². The lowest BCUT2D eigenvalue weighted by Gasteiger charge is -2.19. The van der Waals surface area contributed by atoms with Gasteiger partial charge in [0.25, 0.3) is 0 Å². The lowest BCUT2D eigenvalue weighted by molar-refractivity contribution is -0.122. The fourth-order valence-corrected chi connectivity index (χ4v) is 2.81. The molecular formula is C21H23N5O.